The molecule has 0 radical (unpaired) electrons. The molecule has 1 aliphatic rings. The van der Waals surface area contributed by atoms with Crippen LogP contribution >= 0.6 is 0 Å². The summed E-state index contributed by atoms with van der Waals surface area (Å²) in [5, 5.41) is 4.01. The van der Waals surface area contributed by atoms with Crippen molar-refractivity contribution >= 4 is 5.71 Å². The Morgan fingerprint density at radius 2 is 1.77 bits per heavy atom. The van der Waals surface area contributed by atoms with E-state index in [0.29, 0.717) is 23.3 Å². The van der Waals surface area contributed by atoms with E-state index in [1.54, 1.807) is 35.4 Å². The Kier molecular flexibility index (Phi) is 6.87. The van der Waals surface area contributed by atoms with Crippen LogP contribution in [0.3, 0.4) is 0 Å². The summed E-state index contributed by atoms with van der Waals surface area (Å²) < 4.78 is 80.6. The van der Waals surface area contributed by atoms with Crippen molar-refractivity contribution in [2.75, 3.05) is 0 Å². The highest BCUT2D eigenvalue weighted by Crippen LogP contribution is 2.37. The molecule has 1 fully saturated rings. The van der Waals surface area contributed by atoms with Crippen molar-refractivity contribution in [2.24, 2.45) is 11.1 Å². The van der Waals surface area contributed by atoms with E-state index in [9.17, 15) is 26.3 Å². The molecule has 0 atom stereocenters. The number of oxime groups is 1. The van der Waals surface area contributed by atoms with Crippen molar-refractivity contribution in [1.82, 2.24) is 9.55 Å². The van der Waals surface area contributed by atoms with E-state index in [1.165, 1.54) is 0 Å². The zero-order valence-electron chi connectivity index (χ0n) is 18.2. The minimum Gasteiger partial charge on any atom is -0.391 e. The number of hydrogen-bond acceptors (Lipinski definition) is 3. The lowest BCUT2D eigenvalue weighted by molar-refractivity contribution is -0.143. The molecular weight excluding hydrogens is 472 g/mol. The number of alkyl halides is 6. The van der Waals surface area contributed by atoms with Crippen LogP contribution in [-0.2, 0) is 30.3 Å². The zero-order chi connectivity index (χ0) is 25.1. The molecule has 1 aromatic heterocycles. The molecule has 0 aliphatic heterocycles. The van der Waals surface area contributed by atoms with Gasteiger partial charge in [-0.1, -0.05) is 35.2 Å². The normalized spacial score (nSPS) is 14.4. The fraction of sp³-hybridized carbons (Fsp3) is 0.280. The molecule has 1 aliphatic carbocycles. The number of benzene rings is 2. The molecule has 2 aromatic carbocycles. The molecule has 0 N–H and O–H groups in total. The predicted molar refractivity (Wildman–Crippen MR) is 116 cm³/mol. The lowest BCUT2D eigenvalue weighted by atomic mass is 10.0. The summed E-state index contributed by atoms with van der Waals surface area (Å²) in [5.74, 6) is 6.71. The van der Waals surface area contributed by atoms with Crippen LogP contribution in [0.1, 0.15) is 40.7 Å². The summed E-state index contributed by atoms with van der Waals surface area (Å²) in [7, 11) is 0. The lowest BCUT2D eigenvalue weighted by Gasteiger charge is -2.15. The summed E-state index contributed by atoms with van der Waals surface area (Å²) in [5.41, 5.74) is -1.39. The van der Waals surface area contributed by atoms with Gasteiger partial charge in [-0.15, -0.1) is 0 Å². The van der Waals surface area contributed by atoms with Gasteiger partial charge in [0, 0.05) is 35.0 Å². The first-order valence-corrected chi connectivity index (χ1v) is 10.6. The smallest absolute Gasteiger partial charge is 0.391 e. The quantitative estimate of drug-likeness (QED) is 0.176. The molecule has 4 nitrogen and oxygen atoms in total. The fourth-order valence-corrected chi connectivity index (χ4v) is 3.21. The Bertz CT molecular complexity index is 1250. The van der Waals surface area contributed by atoms with Gasteiger partial charge in [0.25, 0.3) is 0 Å². The molecule has 182 valence electrons. The Hall–Kier alpha value is -3.74. The molecule has 0 bridgehead atoms. The van der Waals surface area contributed by atoms with Gasteiger partial charge in [-0.2, -0.15) is 26.3 Å². The Labute approximate surface area is 197 Å². The largest absolute Gasteiger partial charge is 0.416 e. The number of nitrogens with zero attached hydrogens (tertiary/aromatic N) is 3. The van der Waals surface area contributed by atoms with Gasteiger partial charge in [0.2, 0.25) is 0 Å². The first-order valence-electron chi connectivity index (χ1n) is 10.6. The second kappa shape index (κ2) is 9.86. The lowest BCUT2D eigenvalue weighted by Crippen LogP contribution is -2.14. The second-order valence-corrected chi connectivity index (χ2v) is 8.03. The molecule has 3 aromatic rings. The number of rotatable bonds is 6. The molecule has 1 heterocycles. The summed E-state index contributed by atoms with van der Waals surface area (Å²) in [4.78, 5) is 9.17. The van der Waals surface area contributed by atoms with Gasteiger partial charge < -0.3 is 9.40 Å². The SMILES string of the molecule is FC(F)(F)c1ccc(CO/N=C(\Cn2ccnc2)c2ccc(C#CC3CC3)cc2)c(C(F)(F)F)c1. The number of hydrogen-bond donors (Lipinski definition) is 0. The third kappa shape index (κ3) is 6.66. The van der Waals surface area contributed by atoms with Gasteiger partial charge in [-0.3, -0.25) is 0 Å². The van der Waals surface area contributed by atoms with Gasteiger partial charge in [0.15, 0.2) is 0 Å². The van der Waals surface area contributed by atoms with Crippen LogP contribution in [0.15, 0.2) is 66.3 Å². The van der Waals surface area contributed by atoms with Crippen molar-refractivity contribution in [3.63, 3.8) is 0 Å². The first-order chi connectivity index (χ1) is 16.6. The van der Waals surface area contributed by atoms with Crippen molar-refractivity contribution < 1.29 is 31.2 Å². The highest BCUT2D eigenvalue weighted by Gasteiger charge is 2.38. The third-order valence-corrected chi connectivity index (χ3v) is 5.25. The maximum atomic E-state index is 13.4. The van der Waals surface area contributed by atoms with Gasteiger partial charge in [0.1, 0.15) is 12.3 Å². The molecule has 4 rings (SSSR count). The van der Waals surface area contributed by atoms with Crippen LogP contribution in [0.4, 0.5) is 26.3 Å². The Morgan fingerprint density at radius 1 is 1.03 bits per heavy atom. The minimum atomic E-state index is -4.99. The van der Waals surface area contributed by atoms with Gasteiger partial charge in [-0.05, 0) is 37.1 Å². The van der Waals surface area contributed by atoms with Gasteiger partial charge in [0.05, 0.1) is 24.0 Å². The van der Waals surface area contributed by atoms with E-state index in [-0.39, 0.29) is 12.6 Å². The molecule has 0 spiro atoms. The van der Waals surface area contributed by atoms with Crippen molar-refractivity contribution in [3.05, 3.63) is 89.0 Å². The molecular formula is C25H19F6N3O. The third-order valence-electron chi connectivity index (χ3n) is 5.25. The van der Waals surface area contributed by atoms with E-state index >= 15 is 0 Å². The maximum Gasteiger partial charge on any atom is 0.416 e. The number of aromatic nitrogens is 2. The van der Waals surface area contributed by atoms with Crippen molar-refractivity contribution in [3.8, 4) is 11.8 Å². The van der Waals surface area contributed by atoms with E-state index in [1.807, 2.05) is 12.1 Å². The highest BCUT2D eigenvalue weighted by atomic mass is 19.4. The number of halogens is 6. The summed E-state index contributed by atoms with van der Waals surface area (Å²) in [6, 6.07) is 8.59. The van der Waals surface area contributed by atoms with Crippen LogP contribution in [0.5, 0.6) is 0 Å². The molecule has 10 heteroatoms. The predicted octanol–water partition coefficient (Wildman–Crippen LogP) is 6.30. The van der Waals surface area contributed by atoms with Crippen molar-refractivity contribution in [2.45, 2.75) is 38.3 Å². The van der Waals surface area contributed by atoms with E-state index in [2.05, 4.69) is 22.0 Å². The van der Waals surface area contributed by atoms with Gasteiger partial charge in [-0.25, -0.2) is 4.98 Å². The number of imidazole rings is 1. The summed E-state index contributed by atoms with van der Waals surface area (Å²) >= 11 is 0. The highest BCUT2D eigenvalue weighted by molar-refractivity contribution is 6.00. The fourth-order valence-electron chi connectivity index (χ4n) is 3.21. The average molecular weight is 491 g/mol. The van der Waals surface area contributed by atoms with Crippen LogP contribution in [0.2, 0.25) is 0 Å². The Balaban J connectivity index is 1.56. The van der Waals surface area contributed by atoms with Crippen LogP contribution in [0.25, 0.3) is 0 Å². The summed E-state index contributed by atoms with van der Waals surface area (Å²) in [6.45, 7) is -0.447. The van der Waals surface area contributed by atoms with Crippen LogP contribution in [-0.4, -0.2) is 15.3 Å². The Morgan fingerprint density at radius 3 is 2.37 bits per heavy atom. The summed E-state index contributed by atoms with van der Waals surface area (Å²) in [6.07, 6.45) is -2.87. The van der Waals surface area contributed by atoms with E-state index in [0.717, 1.165) is 24.5 Å². The molecule has 1 saturated carbocycles. The monoisotopic (exact) mass is 491 g/mol. The molecule has 0 unspecified atom stereocenters. The second-order valence-electron chi connectivity index (χ2n) is 8.03. The first kappa shape index (κ1) is 24.4. The van der Waals surface area contributed by atoms with Gasteiger partial charge >= 0.3 is 12.4 Å². The molecule has 35 heavy (non-hydrogen) atoms. The van der Waals surface area contributed by atoms with E-state index < -0.39 is 35.6 Å². The molecule has 0 amide bonds. The zero-order valence-corrected chi connectivity index (χ0v) is 18.2. The molecule has 0 saturated heterocycles. The maximum absolute atomic E-state index is 13.4. The van der Waals surface area contributed by atoms with Crippen LogP contribution < -0.4 is 0 Å². The average Bonchev–Trinajstić information content (AvgIpc) is 3.49. The standard InChI is InChI=1S/C25H19F6N3O/c26-24(27,28)21-10-9-20(22(13-21)25(29,30)31)15-35-33-23(14-34-12-11-32-16-34)19-7-5-18(6-8-19)4-3-17-1-2-17/h5-13,16-17H,1-2,14-15H2/b33-23+. The topological polar surface area (TPSA) is 39.4 Å². The minimum absolute atomic E-state index is 0.0796. The van der Waals surface area contributed by atoms with Crippen LogP contribution in [0, 0.1) is 17.8 Å². The van der Waals surface area contributed by atoms with E-state index in [4.69, 9.17) is 4.84 Å². The van der Waals surface area contributed by atoms with Crippen molar-refractivity contribution in [1.29, 1.82) is 0 Å².